The van der Waals surface area contributed by atoms with Gasteiger partial charge >= 0.3 is 0 Å². The Morgan fingerprint density at radius 2 is 1.88 bits per heavy atom. The molecule has 0 radical (unpaired) electrons. The minimum Gasteiger partial charge on any atom is -0.379 e. The zero-order valence-corrected chi connectivity index (χ0v) is 16.7. The van der Waals surface area contributed by atoms with Gasteiger partial charge in [0.05, 0.1) is 28.2 Å². The highest BCUT2D eigenvalue weighted by Crippen LogP contribution is 2.24. The van der Waals surface area contributed by atoms with Crippen LogP contribution in [0.15, 0.2) is 23.1 Å². The molecular formula is C16H23Cl2N3O4S. The summed E-state index contributed by atoms with van der Waals surface area (Å²) in [5.41, 5.74) is 0. The molecule has 1 aliphatic rings. The monoisotopic (exact) mass is 423 g/mol. The van der Waals surface area contributed by atoms with Crippen LogP contribution in [-0.4, -0.2) is 65.2 Å². The summed E-state index contributed by atoms with van der Waals surface area (Å²) >= 11 is 11.6. The maximum atomic E-state index is 12.2. The maximum absolute atomic E-state index is 12.2. The number of morpholine rings is 1. The van der Waals surface area contributed by atoms with E-state index in [0.717, 1.165) is 32.8 Å². The first-order valence-corrected chi connectivity index (χ1v) is 10.6. The van der Waals surface area contributed by atoms with Crippen molar-refractivity contribution in [2.45, 2.75) is 17.7 Å². The lowest BCUT2D eigenvalue weighted by Crippen LogP contribution is -2.41. The number of rotatable bonds is 9. The van der Waals surface area contributed by atoms with Gasteiger partial charge in [0.2, 0.25) is 15.9 Å². The molecule has 146 valence electrons. The Labute approximate surface area is 164 Å². The number of nitrogens with one attached hydrogen (secondary N) is 2. The van der Waals surface area contributed by atoms with E-state index in [9.17, 15) is 13.2 Å². The number of amides is 1. The molecule has 2 rings (SSSR count). The van der Waals surface area contributed by atoms with E-state index in [-0.39, 0.29) is 28.8 Å². The fraction of sp³-hybridized carbons (Fsp3) is 0.562. The molecule has 0 atom stereocenters. The second-order valence-corrected chi connectivity index (χ2v) is 8.46. The summed E-state index contributed by atoms with van der Waals surface area (Å²) in [5.74, 6) is -0.0907. The Bertz CT molecular complexity index is 709. The first-order chi connectivity index (χ1) is 12.4. The van der Waals surface area contributed by atoms with E-state index in [1.54, 1.807) is 0 Å². The first-order valence-electron chi connectivity index (χ1n) is 8.40. The number of carbonyl (C=O) groups excluding carboxylic acids is 1. The molecule has 1 aromatic carbocycles. The van der Waals surface area contributed by atoms with Gasteiger partial charge in [-0.3, -0.25) is 9.69 Å². The van der Waals surface area contributed by atoms with Gasteiger partial charge in [-0.15, -0.1) is 0 Å². The van der Waals surface area contributed by atoms with E-state index >= 15 is 0 Å². The number of ether oxygens (including phenoxy) is 1. The molecule has 10 heteroatoms. The van der Waals surface area contributed by atoms with Crippen LogP contribution >= 0.6 is 23.2 Å². The van der Waals surface area contributed by atoms with Crippen LogP contribution in [0, 0.1) is 0 Å². The lowest BCUT2D eigenvalue weighted by Gasteiger charge is -2.26. The molecule has 1 heterocycles. The Hall–Kier alpha value is -0.900. The maximum Gasteiger partial charge on any atom is 0.240 e. The van der Waals surface area contributed by atoms with Crippen molar-refractivity contribution < 1.29 is 17.9 Å². The lowest BCUT2D eigenvalue weighted by molar-refractivity contribution is -0.121. The number of benzene rings is 1. The summed E-state index contributed by atoms with van der Waals surface area (Å²) in [6, 6.07) is 4.11. The van der Waals surface area contributed by atoms with E-state index in [1.165, 1.54) is 18.2 Å². The van der Waals surface area contributed by atoms with Crippen molar-refractivity contribution >= 4 is 39.1 Å². The Morgan fingerprint density at radius 3 is 2.58 bits per heavy atom. The molecule has 0 bridgehead atoms. The number of nitrogens with zero attached hydrogens (tertiary/aromatic N) is 1. The van der Waals surface area contributed by atoms with E-state index < -0.39 is 10.0 Å². The van der Waals surface area contributed by atoms with Crippen LogP contribution in [0.2, 0.25) is 10.0 Å². The molecule has 1 aliphatic heterocycles. The molecule has 2 N–H and O–H groups in total. The fourth-order valence-corrected chi connectivity index (χ4v) is 3.91. The van der Waals surface area contributed by atoms with Crippen molar-refractivity contribution in [1.29, 1.82) is 0 Å². The fourth-order valence-electron chi connectivity index (χ4n) is 2.45. The van der Waals surface area contributed by atoms with Gasteiger partial charge in [0.1, 0.15) is 0 Å². The standard InChI is InChI=1S/C16H23Cl2N3O4S/c17-14-4-3-13(12-15(14)18)26(23,24)20-5-1-2-16(22)19-6-7-21-8-10-25-11-9-21/h3-4,12,20H,1-2,5-11H2,(H,19,22). The van der Waals surface area contributed by atoms with Crippen LogP contribution in [0.3, 0.4) is 0 Å². The molecule has 0 aromatic heterocycles. The quantitative estimate of drug-likeness (QED) is 0.587. The predicted octanol–water partition coefficient (Wildman–Crippen LogP) is 1.50. The van der Waals surface area contributed by atoms with Crippen LogP contribution in [0.25, 0.3) is 0 Å². The minimum absolute atomic E-state index is 0.0434. The number of hydrogen-bond acceptors (Lipinski definition) is 5. The smallest absolute Gasteiger partial charge is 0.240 e. The van der Waals surface area contributed by atoms with Gasteiger partial charge in [-0.05, 0) is 24.6 Å². The summed E-state index contributed by atoms with van der Waals surface area (Å²) in [6.07, 6.45) is 0.664. The highest BCUT2D eigenvalue weighted by atomic mass is 35.5. The third-order valence-corrected chi connectivity index (χ3v) is 6.13. The van der Waals surface area contributed by atoms with Gasteiger partial charge in [0, 0.05) is 39.1 Å². The van der Waals surface area contributed by atoms with Gasteiger partial charge in [-0.25, -0.2) is 13.1 Å². The van der Waals surface area contributed by atoms with Crippen molar-refractivity contribution in [2.75, 3.05) is 45.9 Å². The highest BCUT2D eigenvalue weighted by molar-refractivity contribution is 7.89. The van der Waals surface area contributed by atoms with Crippen LogP contribution in [0.1, 0.15) is 12.8 Å². The van der Waals surface area contributed by atoms with Gasteiger partial charge in [-0.1, -0.05) is 23.2 Å². The zero-order valence-electron chi connectivity index (χ0n) is 14.3. The van der Waals surface area contributed by atoms with Gasteiger partial charge in [0.25, 0.3) is 0 Å². The van der Waals surface area contributed by atoms with Gasteiger partial charge < -0.3 is 10.1 Å². The summed E-state index contributed by atoms with van der Waals surface area (Å²) < 4.78 is 32.0. The molecule has 0 saturated carbocycles. The van der Waals surface area contributed by atoms with Crippen LogP contribution in [0.4, 0.5) is 0 Å². The molecule has 26 heavy (non-hydrogen) atoms. The zero-order chi connectivity index (χ0) is 19.0. The second-order valence-electron chi connectivity index (χ2n) is 5.88. The third kappa shape index (κ3) is 7.02. The third-order valence-electron chi connectivity index (χ3n) is 3.93. The molecule has 0 unspecified atom stereocenters. The highest BCUT2D eigenvalue weighted by Gasteiger charge is 2.15. The number of hydrogen-bond donors (Lipinski definition) is 2. The average molecular weight is 424 g/mol. The predicted molar refractivity (Wildman–Crippen MR) is 101 cm³/mol. The van der Waals surface area contributed by atoms with Crippen molar-refractivity contribution in [1.82, 2.24) is 14.9 Å². The summed E-state index contributed by atoms with van der Waals surface area (Å²) in [4.78, 5) is 14.1. The van der Waals surface area contributed by atoms with Crippen LogP contribution in [0.5, 0.6) is 0 Å². The SMILES string of the molecule is O=C(CCCNS(=O)(=O)c1ccc(Cl)c(Cl)c1)NCCN1CCOCC1. The van der Waals surface area contributed by atoms with Crippen LogP contribution in [-0.2, 0) is 19.6 Å². The normalized spacial score (nSPS) is 15.8. The Kier molecular flexibility index (Phi) is 8.59. The molecule has 0 spiro atoms. The van der Waals surface area contributed by atoms with E-state index in [2.05, 4.69) is 14.9 Å². The van der Waals surface area contributed by atoms with Gasteiger partial charge in [-0.2, -0.15) is 0 Å². The largest absolute Gasteiger partial charge is 0.379 e. The minimum atomic E-state index is -3.67. The van der Waals surface area contributed by atoms with Crippen molar-refractivity contribution in [3.05, 3.63) is 28.2 Å². The Balaban J connectivity index is 1.64. The number of sulfonamides is 1. The molecule has 1 fully saturated rings. The first kappa shape index (κ1) is 21.4. The van der Waals surface area contributed by atoms with Crippen molar-refractivity contribution in [3.8, 4) is 0 Å². The second kappa shape index (κ2) is 10.4. The van der Waals surface area contributed by atoms with Gasteiger partial charge in [0.15, 0.2) is 0 Å². The molecular weight excluding hydrogens is 401 g/mol. The Morgan fingerprint density at radius 1 is 1.15 bits per heavy atom. The summed E-state index contributed by atoms with van der Waals surface area (Å²) in [6.45, 7) is 4.75. The van der Waals surface area contributed by atoms with Crippen molar-refractivity contribution in [2.24, 2.45) is 0 Å². The summed E-state index contributed by atoms with van der Waals surface area (Å²) in [5, 5.41) is 3.31. The topological polar surface area (TPSA) is 87.7 Å². The average Bonchev–Trinajstić information content (AvgIpc) is 2.62. The molecule has 7 nitrogen and oxygen atoms in total. The van der Waals surface area contributed by atoms with Crippen molar-refractivity contribution in [3.63, 3.8) is 0 Å². The van der Waals surface area contributed by atoms with E-state index in [4.69, 9.17) is 27.9 Å². The summed E-state index contributed by atoms with van der Waals surface area (Å²) in [7, 11) is -3.67. The van der Waals surface area contributed by atoms with E-state index in [0.29, 0.717) is 18.0 Å². The number of carbonyl (C=O) groups is 1. The molecule has 1 aromatic rings. The van der Waals surface area contributed by atoms with Crippen LogP contribution < -0.4 is 10.0 Å². The molecule has 1 amide bonds. The molecule has 0 aliphatic carbocycles. The number of halogens is 2. The lowest BCUT2D eigenvalue weighted by atomic mass is 10.3. The molecule has 1 saturated heterocycles. The van der Waals surface area contributed by atoms with E-state index in [1.807, 2.05) is 0 Å².